The number of amides is 1. The van der Waals surface area contributed by atoms with Gasteiger partial charge in [0.2, 0.25) is 5.91 Å². The van der Waals surface area contributed by atoms with E-state index in [2.05, 4.69) is 17.2 Å². The molecule has 0 unspecified atom stereocenters. The Morgan fingerprint density at radius 2 is 2.21 bits per heavy atom. The van der Waals surface area contributed by atoms with Crippen LogP contribution in [0.5, 0.6) is 5.75 Å². The van der Waals surface area contributed by atoms with Crippen LogP contribution in [0.3, 0.4) is 0 Å². The molecule has 4 nitrogen and oxygen atoms in total. The van der Waals surface area contributed by atoms with Crippen LogP contribution in [0, 0.1) is 0 Å². The van der Waals surface area contributed by atoms with Crippen molar-refractivity contribution in [3.63, 3.8) is 0 Å². The van der Waals surface area contributed by atoms with Gasteiger partial charge in [-0.25, -0.2) is 0 Å². The third-order valence-corrected chi connectivity index (χ3v) is 2.44. The summed E-state index contributed by atoms with van der Waals surface area (Å²) in [6.07, 6.45) is 4.73. The Kier molecular flexibility index (Phi) is 6.32. The highest BCUT2D eigenvalue weighted by Gasteiger charge is 2.01. The van der Waals surface area contributed by atoms with Gasteiger partial charge in [0.1, 0.15) is 5.75 Å². The summed E-state index contributed by atoms with van der Waals surface area (Å²) in [5.41, 5.74) is 0.824. The zero-order valence-electron chi connectivity index (χ0n) is 10.7. The summed E-state index contributed by atoms with van der Waals surface area (Å²) in [5.74, 6) is 0.409. The number of thiocarbonyl (C=S) groups is 1. The van der Waals surface area contributed by atoms with E-state index in [1.807, 2.05) is 24.3 Å². The van der Waals surface area contributed by atoms with Crippen LogP contribution in [0.2, 0.25) is 0 Å². The second-order valence-corrected chi connectivity index (χ2v) is 3.97. The summed E-state index contributed by atoms with van der Waals surface area (Å²) in [4.78, 5) is 11.6. The van der Waals surface area contributed by atoms with Crippen molar-refractivity contribution in [3.05, 3.63) is 48.6 Å². The Hall–Kier alpha value is -2.14. The number of carbonyl (C=O) groups excluding carboxylic acids is 1. The minimum absolute atomic E-state index is 0.273. The summed E-state index contributed by atoms with van der Waals surface area (Å²) < 4.78 is 5.18. The molecule has 0 aliphatic heterocycles. The van der Waals surface area contributed by atoms with Crippen LogP contribution < -0.4 is 15.4 Å². The highest BCUT2D eigenvalue weighted by atomic mass is 32.1. The van der Waals surface area contributed by atoms with Crippen LogP contribution in [-0.4, -0.2) is 24.7 Å². The molecule has 1 amide bonds. The second-order valence-electron chi connectivity index (χ2n) is 3.56. The number of hydrogen-bond acceptors (Lipinski definition) is 3. The lowest BCUT2D eigenvalue weighted by molar-refractivity contribution is -0.115. The van der Waals surface area contributed by atoms with E-state index in [-0.39, 0.29) is 11.0 Å². The highest BCUT2D eigenvalue weighted by Crippen LogP contribution is 2.18. The number of ether oxygens (including phenoxy) is 1. The normalized spacial score (nSPS) is 9.95. The number of carbonyl (C=O) groups is 1. The van der Waals surface area contributed by atoms with E-state index in [0.717, 1.165) is 5.56 Å². The number of methoxy groups -OCH3 is 1. The molecular formula is C14H16N2O2S. The van der Waals surface area contributed by atoms with Crippen molar-refractivity contribution < 1.29 is 9.53 Å². The van der Waals surface area contributed by atoms with Crippen LogP contribution >= 0.6 is 12.2 Å². The highest BCUT2D eigenvalue weighted by molar-refractivity contribution is 7.80. The summed E-state index contributed by atoms with van der Waals surface area (Å²) in [6.45, 7) is 4.05. The Labute approximate surface area is 118 Å². The molecule has 0 fully saturated rings. The lowest BCUT2D eigenvalue weighted by Crippen LogP contribution is -2.38. The summed E-state index contributed by atoms with van der Waals surface area (Å²) in [7, 11) is 1.58. The zero-order valence-corrected chi connectivity index (χ0v) is 11.5. The maximum atomic E-state index is 11.6. The van der Waals surface area contributed by atoms with Gasteiger partial charge in [-0.3, -0.25) is 10.1 Å². The van der Waals surface area contributed by atoms with Gasteiger partial charge in [0.05, 0.1) is 7.11 Å². The molecule has 0 spiro atoms. The minimum atomic E-state index is -0.299. The standard InChI is InChI=1S/C14H16N2O2S/c1-3-10-15-14(19)16-13(17)9-8-11-6-4-5-7-12(11)18-2/h3-9H,1,10H2,2H3,(H2,15,16,17,19)/b9-8+. The van der Waals surface area contributed by atoms with E-state index in [4.69, 9.17) is 17.0 Å². The van der Waals surface area contributed by atoms with Gasteiger partial charge in [0, 0.05) is 18.2 Å². The zero-order chi connectivity index (χ0) is 14.1. The predicted molar refractivity (Wildman–Crippen MR) is 81.0 cm³/mol. The number of rotatable bonds is 5. The van der Waals surface area contributed by atoms with Gasteiger partial charge >= 0.3 is 0 Å². The number of para-hydroxylation sites is 1. The molecule has 0 atom stereocenters. The topological polar surface area (TPSA) is 50.4 Å². The molecule has 0 aromatic heterocycles. The van der Waals surface area contributed by atoms with E-state index in [9.17, 15) is 4.79 Å². The molecule has 5 heteroatoms. The third kappa shape index (κ3) is 5.35. The molecule has 0 aliphatic carbocycles. The van der Waals surface area contributed by atoms with Gasteiger partial charge in [-0.2, -0.15) is 0 Å². The van der Waals surface area contributed by atoms with Crippen LogP contribution in [-0.2, 0) is 4.79 Å². The average molecular weight is 276 g/mol. The number of nitrogens with one attached hydrogen (secondary N) is 2. The van der Waals surface area contributed by atoms with E-state index in [0.29, 0.717) is 12.3 Å². The van der Waals surface area contributed by atoms with Gasteiger partial charge in [0.15, 0.2) is 5.11 Å². The van der Waals surface area contributed by atoms with Crippen LogP contribution in [0.15, 0.2) is 43.0 Å². The SMILES string of the molecule is C=CCNC(=S)NC(=O)/C=C/c1ccccc1OC. The lowest BCUT2D eigenvalue weighted by Gasteiger charge is -2.05. The quantitative estimate of drug-likeness (QED) is 0.490. The maximum Gasteiger partial charge on any atom is 0.250 e. The van der Waals surface area contributed by atoms with E-state index in [1.165, 1.54) is 6.08 Å². The molecule has 1 aromatic carbocycles. The molecule has 100 valence electrons. The fourth-order valence-corrected chi connectivity index (χ4v) is 1.52. The molecule has 0 saturated heterocycles. The molecular weight excluding hydrogens is 260 g/mol. The van der Waals surface area contributed by atoms with Crippen molar-refractivity contribution in [1.29, 1.82) is 0 Å². The molecule has 2 N–H and O–H groups in total. The fraction of sp³-hybridized carbons (Fsp3) is 0.143. The predicted octanol–water partition coefficient (Wildman–Crippen LogP) is 1.89. The second kappa shape index (κ2) is 8.05. The van der Waals surface area contributed by atoms with Crippen molar-refractivity contribution in [2.24, 2.45) is 0 Å². The van der Waals surface area contributed by atoms with Crippen molar-refractivity contribution in [2.45, 2.75) is 0 Å². The van der Waals surface area contributed by atoms with E-state index in [1.54, 1.807) is 19.3 Å². The molecule has 1 aromatic rings. The Morgan fingerprint density at radius 3 is 2.89 bits per heavy atom. The monoisotopic (exact) mass is 276 g/mol. The fourth-order valence-electron chi connectivity index (χ4n) is 1.33. The molecule has 1 rings (SSSR count). The molecule has 0 bridgehead atoms. The van der Waals surface area contributed by atoms with Crippen molar-refractivity contribution in [2.75, 3.05) is 13.7 Å². The Morgan fingerprint density at radius 1 is 1.47 bits per heavy atom. The molecule has 0 saturated carbocycles. The van der Waals surface area contributed by atoms with Gasteiger partial charge < -0.3 is 10.1 Å². The van der Waals surface area contributed by atoms with Crippen LogP contribution in [0.4, 0.5) is 0 Å². The number of hydrogen-bond donors (Lipinski definition) is 2. The van der Waals surface area contributed by atoms with Crippen molar-refractivity contribution in [1.82, 2.24) is 10.6 Å². The first-order chi connectivity index (χ1) is 9.17. The number of benzene rings is 1. The van der Waals surface area contributed by atoms with Crippen molar-refractivity contribution in [3.8, 4) is 5.75 Å². The van der Waals surface area contributed by atoms with Crippen LogP contribution in [0.1, 0.15) is 5.56 Å². The first kappa shape index (κ1) is 14.9. The lowest BCUT2D eigenvalue weighted by atomic mass is 10.2. The smallest absolute Gasteiger partial charge is 0.250 e. The summed E-state index contributed by atoms with van der Waals surface area (Å²) >= 11 is 4.93. The maximum absolute atomic E-state index is 11.6. The largest absolute Gasteiger partial charge is 0.496 e. The first-order valence-electron chi connectivity index (χ1n) is 5.68. The van der Waals surface area contributed by atoms with E-state index >= 15 is 0 Å². The third-order valence-electron chi connectivity index (χ3n) is 2.20. The van der Waals surface area contributed by atoms with Gasteiger partial charge in [-0.05, 0) is 24.4 Å². The van der Waals surface area contributed by atoms with Crippen molar-refractivity contribution >= 4 is 29.3 Å². The van der Waals surface area contributed by atoms with Gasteiger partial charge in [-0.1, -0.05) is 24.3 Å². The Balaban J connectivity index is 2.58. The first-order valence-corrected chi connectivity index (χ1v) is 6.09. The molecule has 0 heterocycles. The average Bonchev–Trinajstić information content (AvgIpc) is 2.43. The van der Waals surface area contributed by atoms with Gasteiger partial charge in [0.25, 0.3) is 0 Å². The minimum Gasteiger partial charge on any atom is -0.496 e. The summed E-state index contributed by atoms with van der Waals surface area (Å²) in [6, 6.07) is 7.42. The van der Waals surface area contributed by atoms with Gasteiger partial charge in [-0.15, -0.1) is 6.58 Å². The summed E-state index contributed by atoms with van der Waals surface area (Å²) in [5, 5.41) is 5.61. The van der Waals surface area contributed by atoms with Crippen LogP contribution in [0.25, 0.3) is 6.08 Å². The van der Waals surface area contributed by atoms with E-state index < -0.39 is 0 Å². The molecule has 0 aliphatic rings. The molecule has 19 heavy (non-hydrogen) atoms. The molecule has 0 radical (unpaired) electrons. The Bertz CT molecular complexity index is 498.